The molecule has 0 aliphatic heterocycles. The Morgan fingerprint density at radius 2 is 0.514 bits per heavy atom. The topological polar surface area (TPSA) is 78.9 Å². The average Bonchev–Trinajstić information content (AvgIpc) is 3.40. The summed E-state index contributed by atoms with van der Waals surface area (Å²) < 4.78 is 16.8. The molecule has 0 heterocycles. The van der Waals surface area contributed by atoms with Crippen LogP contribution in [0.1, 0.15) is 348 Å². The van der Waals surface area contributed by atoms with Crippen LogP contribution < -0.4 is 0 Å². The van der Waals surface area contributed by atoms with Crippen molar-refractivity contribution >= 4 is 17.9 Å². The molecule has 0 saturated heterocycles. The van der Waals surface area contributed by atoms with Crippen molar-refractivity contribution in [1.82, 2.24) is 0 Å². The van der Waals surface area contributed by atoms with Gasteiger partial charge in [-0.25, -0.2) is 0 Å². The van der Waals surface area contributed by atoms with Gasteiger partial charge in [0.05, 0.1) is 0 Å². The van der Waals surface area contributed by atoms with E-state index in [1.54, 1.807) is 0 Å². The smallest absolute Gasteiger partial charge is 0.306 e. The van der Waals surface area contributed by atoms with E-state index in [4.69, 9.17) is 14.2 Å². The molecule has 1 atom stereocenters. The fourth-order valence-corrected chi connectivity index (χ4v) is 9.63. The van der Waals surface area contributed by atoms with Gasteiger partial charge in [-0.05, 0) is 77.0 Å². The molecule has 0 aliphatic carbocycles. The zero-order valence-corrected chi connectivity index (χ0v) is 49.6. The van der Waals surface area contributed by atoms with Gasteiger partial charge in [0, 0.05) is 19.3 Å². The molecule has 6 nitrogen and oxygen atoms in total. The molecule has 0 N–H and O–H groups in total. The van der Waals surface area contributed by atoms with Crippen molar-refractivity contribution in [2.24, 2.45) is 0 Å². The molecule has 0 saturated carbocycles. The monoisotopic (exact) mass is 1040 g/mol. The molecule has 0 aromatic heterocycles. The van der Waals surface area contributed by atoms with Gasteiger partial charge in [0.2, 0.25) is 0 Å². The first-order valence-corrected chi connectivity index (χ1v) is 32.6. The van der Waals surface area contributed by atoms with Crippen molar-refractivity contribution < 1.29 is 28.6 Å². The number of hydrogen-bond donors (Lipinski definition) is 0. The fraction of sp³-hybridized carbons (Fsp3) is 0.838. The van der Waals surface area contributed by atoms with Crippen LogP contribution in [-0.4, -0.2) is 37.2 Å². The Morgan fingerprint density at radius 3 is 0.797 bits per heavy atom. The molecule has 0 rings (SSSR count). The van der Waals surface area contributed by atoms with Gasteiger partial charge in [-0.15, -0.1) is 0 Å². The standard InChI is InChI=1S/C68H124O6/c1-4-7-10-13-16-19-21-23-24-25-26-27-28-29-30-31-32-33-34-35-36-37-38-39-40-41-42-43-44-46-47-49-52-55-58-61-67(70)73-64-65(63-72-66(69)60-57-54-51-18-15-12-9-6-3)74-68(71)62-59-56-53-50-48-45-22-20-17-14-11-8-5-2/h11,14,20-23,25-26,65H,4-10,12-13,15-19,24,27-64H2,1-3H3/b14-11-,22-20-,23-21-,26-25-. The van der Waals surface area contributed by atoms with E-state index in [0.29, 0.717) is 19.3 Å². The lowest BCUT2D eigenvalue weighted by molar-refractivity contribution is -0.167. The summed E-state index contributed by atoms with van der Waals surface area (Å²) in [5, 5.41) is 0. The van der Waals surface area contributed by atoms with E-state index in [9.17, 15) is 14.4 Å². The van der Waals surface area contributed by atoms with Crippen LogP contribution in [0.3, 0.4) is 0 Å². The summed E-state index contributed by atoms with van der Waals surface area (Å²) in [6.45, 7) is 6.56. The Labute approximate surface area is 460 Å². The highest BCUT2D eigenvalue weighted by Crippen LogP contribution is 2.18. The van der Waals surface area contributed by atoms with E-state index < -0.39 is 6.10 Å². The number of unbranched alkanes of at least 4 members (excludes halogenated alkanes) is 41. The van der Waals surface area contributed by atoms with Gasteiger partial charge in [-0.1, -0.05) is 301 Å². The lowest BCUT2D eigenvalue weighted by Gasteiger charge is -2.18. The first kappa shape index (κ1) is 71.4. The number of carbonyl (C=O) groups excluding carboxylic acids is 3. The van der Waals surface area contributed by atoms with Crippen molar-refractivity contribution in [1.29, 1.82) is 0 Å². The van der Waals surface area contributed by atoms with Crippen LogP contribution in [0.5, 0.6) is 0 Å². The Kier molecular flexibility index (Phi) is 60.7. The van der Waals surface area contributed by atoms with Crippen LogP contribution in [0, 0.1) is 0 Å². The second kappa shape index (κ2) is 62.9. The van der Waals surface area contributed by atoms with Crippen molar-refractivity contribution in [2.45, 2.75) is 354 Å². The first-order valence-electron chi connectivity index (χ1n) is 32.6. The molecule has 0 radical (unpaired) electrons. The van der Waals surface area contributed by atoms with Crippen molar-refractivity contribution in [3.8, 4) is 0 Å². The molecular weight excluding hydrogens is 913 g/mol. The SMILES string of the molecule is CCC/C=C\C/C=C\CCCCCCCC(=O)OC(COC(=O)CCCCCCCCCC)COC(=O)CCCCCCCCCCCCCCCCCCCCCCCCC/C=C\C/C=C\CCCCCCC. The molecule has 0 aromatic rings. The fourth-order valence-electron chi connectivity index (χ4n) is 9.63. The van der Waals surface area contributed by atoms with E-state index in [2.05, 4.69) is 69.4 Å². The Hall–Kier alpha value is -2.63. The lowest BCUT2D eigenvalue weighted by atomic mass is 10.0. The summed E-state index contributed by atoms with van der Waals surface area (Å²) in [7, 11) is 0. The quantitative estimate of drug-likeness (QED) is 0.0261. The van der Waals surface area contributed by atoms with Crippen LogP contribution in [0.4, 0.5) is 0 Å². The third-order valence-corrected chi connectivity index (χ3v) is 14.5. The van der Waals surface area contributed by atoms with Gasteiger partial charge in [-0.3, -0.25) is 14.4 Å². The highest BCUT2D eigenvalue weighted by Gasteiger charge is 2.19. The number of rotatable bonds is 60. The third kappa shape index (κ3) is 60.2. The zero-order chi connectivity index (χ0) is 53.6. The molecule has 6 heteroatoms. The van der Waals surface area contributed by atoms with Gasteiger partial charge in [-0.2, -0.15) is 0 Å². The molecular formula is C68H124O6. The predicted octanol–water partition coefficient (Wildman–Crippen LogP) is 22.2. The number of allylic oxidation sites excluding steroid dienone is 8. The van der Waals surface area contributed by atoms with Crippen LogP contribution in [0.2, 0.25) is 0 Å². The number of esters is 3. The van der Waals surface area contributed by atoms with E-state index in [-0.39, 0.29) is 31.1 Å². The molecule has 74 heavy (non-hydrogen) atoms. The van der Waals surface area contributed by atoms with E-state index >= 15 is 0 Å². The molecule has 0 amide bonds. The van der Waals surface area contributed by atoms with Crippen LogP contribution in [0.15, 0.2) is 48.6 Å². The Balaban J connectivity index is 3.92. The van der Waals surface area contributed by atoms with Gasteiger partial charge in [0.1, 0.15) is 13.2 Å². The van der Waals surface area contributed by atoms with Gasteiger partial charge in [0.15, 0.2) is 6.10 Å². The Morgan fingerprint density at radius 1 is 0.270 bits per heavy atom. The molecule has 432 valence electrons. The highest BCUT2D eigenvalue weighted by molar-refractivity contribution is 5.71. The molecule has 0 aliphatic rings. The van der Waals surface area contributed by atoms with Crippen LogP contribution >= 0.6 is 0 Å². The maximum atomic E-state index is 12.8. The highest BCUT2D eigenvalue weighted by atomic mass is 16.6. The maximum Gasteiger partial charge on any atom is 0.306 e. The minimum Gasteiger partial charge on any atom is -0.462 e. The summed E-state index contributed by atoms with van der Waals surface area (Å²) >= 11 is 0. The van der Waals surface area contributed by atoms with Gasteiger partial charge < -0.3 is 14.2 Å². The minimum absolute atomic E-state index is 0.0743. The molecule has 0 spiro atoms. The number of ether oxygens (including phenoxy) is 3. The predicted molar refractivity (Wildman–Crippen MR) is 321 cm³/mol. The molecule has 0 aromatic carbocycles. The Bertz CT molecular complexity index is 1280. The number of hydrogen-bond acceptors (Lipinski definition) is 6. The first-order chi connectivity index (χ1) is 36.5. The molecule has 0 bridgehead atoms. The lowest BCUT2D eigenvalue weighted by Crippen LogP contribution is -2.30. The average molecular weight is 1040 g/mol. The second-order valence-electron chi connectivity index (χ2n) is 22.0. The van der Waals surface area contributed by atoms with E-state index in [0.717, 1.165) is 96.3 Å². The zero-order valence-electron chi connectivity index (χ0n) is 49.6. The molecule has 1 unspecified atom stereocenters. The van der Waals surface area contributed by atoms with Crippen molar-refractivity contribution in [2.75, 3.05) is 13.2 Å². The van der Waals surface area contributed by atoms with E-state index in [1.165, 1.54) is 212 Å². The number of carbonyl (C=O) groups is 3. The summed E-state index contributed by atoms with van der Waals surface area (Å²) in [5.41, 5.74) is 0. The van der Waals surface area contributed by atoms with Crippen LogP contribution in [-0.2, 0) is 28.6 Å². The van der Waals surface area contributed by atoms with E-state index in [1.807, 2.05) is 0 Å². The van der Waals surface area contributed by atoms with Gasteiger partial charge in [0.25, 0.3) is 0 Å². The normalized spacial score (nSPS) is 12.3. The molecule has 0 fully saturated rings. The van der Waals surface area contributed by atoms with Gasteiger partial charge >= 0.3 is 17.9 Å². The third-order valence-electron chi connectivity index (χ3n) is 14.5. The maximum absolute atomic E-state index is 12.8. The summed E-state index contributed by atoms with van der Waals surface area (Å²) in [4.78, 5) is 38.0. The van der Waals surface area contributed by atoms with Crippen molar-refractivity contribution in [3.05, 3.63) is 48.6 Å². The minimum atomic E-state index is -0.775. The summed E-state index contributed by atoms with van der Waals surface area (Å²) in [5.74, 6) is -0.877. The van der Waals surface area contributed by atoms with Crippen molar-refractivity contribution in [3.63, 3.8) is 0 Å². The largest absolute Gasteiger partial charge is 0.462 e. The second-order valence-corrected chi connectivity index (χ2v) is 22.0. The summed E-state index contributed by atoms with van der Waals surface area (Å²) in [6.07, 6.45) is 78.8. The summed E-state index contributed by atoms with van der Waals surface area (Å²) in [6, 6.07) is 0. The van der Waals surface area contributed by atoms with Crippen LogP contribution in [0.25, 0.3) is 0 Å².